The maximum atomic E-state index is 14.4. The predicted octanol–water partition coefficient (Wildman–Crippen LogP) is 1.63. The van der Waals surface area contributed by atoms with Gasteiger partial charge >= 0.3 is 5.69 Å². The highest BCUT2D eigenvalue weighted by Gasteiger charge is 2.22. The highest BCUT2D eigenvalue weighted by Crippen LogP contribution is 2.20. The van der Waals surface area contributed by atoms with E-state index >= 15 is 0 Å². The van der Waals surface area contributed by atoms with Crippen molar-refractivity contribution in [1.82, 2.24) is 28.0 Å². The van der Waals surface area contributed by atoms with Crippen LogP contribution in [0.5, 0.6) is 0 Å². The van der Waals surface area contributed by atoms with Crippen molar-refractivity contribution in [2.24, 2.45) is 7.05 Å². The van der Waals surface area contributed by atoms with Gasteiger partial charge in [-0.25, -0.2) is 9.18 Å². The van der Waals surface area contributed by atoms with Crippen LogP contribution >= 0.6 is 11.6 Å². The van der Waals surface area contributed by atoms with Crippen LogP contribution in [0.15, 0.2) is 34.0 Å². The van der Waals surface area contributed by atoms with Crippen LogP contribution in [-0.2, 0) is 24.9 Å². The Morgan fingerprint density at radius 2 is 1.91 bits per heavy atom. The molecule has 1 fully saturated rings. The molecule has 9 nitrogen and oxygen atoms in total. The van der Waals surface area contributed by atoms with Gasteiger partial charge in [-0.1, -0.05) is 17.7 Å². The molecule has 1 aliphatic rings. The highest BCUT2D eigenvalue weighted by atomic mass is 35.5. The molecule has 174 valence electrons. The van der Waals surface area contributed by atoms with Gasteiger partial charge in [0.1, 0.15) is 5.82 Å². The summed E-state index contributed by atoms with van der Waals surface area (Å²) >= 11 is 6.14. The van der Waals surface area contributed by atoms with Crippen LogP contribution in [0, 0.1) is 12.7 Å². The Kier molecular flexibility index (Phi) is 5.59. The van der Waals surface area contributed by atoms with E-state index in [9.17, 15) is 14.0 Å². The fourth-order valence-electron chi connectivity index (χ4n) is 4.38. The fraction of sp³-hybridized carbons (Fsp3) is 0.409. The van der Waals surface area contributed by atoms with Gasteiger partial charge in [-0.3, -0.25) is 23.2 Å². The Labute approximate surface area is 193 Å². The Morgan fingerprint density at radius 3 is 2.64 bits per heavy atom. The number of hydrogen-bond acceptors (Lipinski definition) is 5. The monoisotopic (exact) mass is 474 g/mol. The van der Waals surface area contributed by atoms with Gasteiger partial charge < -0.3 is 9.30 Å². The summed E-state index contributed by atoms with van der Waals surface area (Å²) in [6.45, 7) is 6.42. The number of aryl methyl sites for hydroxylation is 2. The van der Waals surface area contributed by atoms with E-state index < -0.39 is 17.1 Å². The topological polar surface area (TPSA) is 78.7 Å². The number of hydrogen-bond donors (Lipinski definition) is 0. The molecule has 1 aliphatic heterocycles. The van der Waals surface area contributed by atoms with Crippen molar-refractivity contribution in [3.05, 3.63) is 67.3 Å². The molecular formula is C22H24ClFN6O3. The van der Waals surface area contributed by atoms with Crippen LogP contribution in [0.25, 0.3) is 16.9 Å². The molecule has 0 unspecified atom stereocenters. The quantitative estimate of drug-likeness (QED) is 0.439. The number of fused-ring (bicyclic) bond motifs is 3. The molecule has 3 aromatic heterocycles. The van der Waals surface area contributed by atoms with Gasteiger partial charge in [0, 0.05) is 55.7 Å². The van der Waals surface area contributed by atoms with Crippen molar-refractivity contribution in [3.8, 4) is 0 Å². The molecule has 1 saturated heterocycles. The van der Waals surface area contributed by atoms with Crippen molar-refractivity contribution in [3.63, 3.8) is 0 Å². The van der Waals surface area contributed by atoms with Crippen molar-refractivity contribution in [2.75, 3.05) is 32.8 Å². The minimum atomic E-state index is -0.579. The average molecular weight is 475 g/mol. The number of benzene rings is 1. The summed E-state index contributed by atoms with van der Waals surface area (Å²) in [6.07, 6.45) is 1.84. The van der Waals surface area contributed by atoms with Crippen LogP contribution in [0.4, 0.5) is 4.39 Å². The Hall–Kier alpha value is -2.95. The summed E-state index contributed by atoms with van der Waals surface area (Å²) < 4.78 is 25.8. The summed E-state index contributed by atoms with van der Waals surface area (Å²) in [6, 6.07) is 4.27. The molecule has 0 saturated carbocycles. The fourth-order valence-corrected chi connectivity index (χ4v) is 4.60. The van der Waals surface area contributed by atoms with E-state index in [1.165, 1.54) is 22.8 Å². The molecule has 0 spiro atoms. The van der Waals surface area contributed by atoms with E-state index in [0.29, 0.717) is 12.3 Å². The van der Waals surface area contributed by atoms with E-state index in [0.717, 1.165) is 43.1 Å². The molecule has 11 heteroatoms. The molecule has 0 radical (unpaired) electrons. The third-order valence-electron chi connectivity index (χ3n) is 6.26. The lowest BCUT2D eigenvalue weighted by molar-refractivity contribution is 0.0364. The lowest BCUT2D eigenvalue weighted by Crippen LogP contribution is -2.39. The first-order chi connectivity index (χ1) is 15.9. The third kappa shape index (κ3) is 3.68. The minimum absolute atomic E-state index is 0.0951. The summed E-state index contributed by atoms with van der Waals surface area (Å²) in [7, 11) is 1.56. The number of imidazole rings is 2. The molecule has 0 atom stereocenters. The summed E-state index contributed by atoms with van der Waals surface area (Å²) in [5.74, 6) is 0.0182. The third-order valence-corrected chi connectivity index (χ3v) is 6.62. The number of aromatic nitrogens is 5. The lowest BCUT2D eigenvalue weighted by Gasteiger charge is -2.26. The molecule has 4 aromatic rings. The zero-order valence-electron chi connectivity index (χ0n) is 18.4. The zero-order chi connectivity index (χ0) is 23.3. The molecule has 33 heavy (non-hydrogen) atoms. The van der Waals surface area contributed by atoms with Gasteiger partial charge in [0.05, 0.1) is 19.8 Å². The normalized spacial score (nSPS) is 15.2. The second kappa shape index (κ2) is 8.44. The standard InChI is InChI=1S/C22H24ClFN6O3/c1-14-12-29-18-19(25-21(29)28(14)7-6-27-8-10-33-11-9-27)26(2)22(32)30(20(18)31)13-15-16(23)4-3-5-17(15)24/h3-5,12H,6-11,13H2,1-2H3. The second-order valence-electron chi connectivity index (χ2n) is 8.26. The number of rotatable bonds is 5. The van der Waals surface area contributed by atoms with Gasteiger partial charge in [0.25, 0.3) is 5.56 Å². The van der Waals surface area contributed by atoms with E-state index in [1.807, 2.05) is 17.7 Å². The van der Waals surface area contributed by atoms with E-state index in [2.05, 4.69) is 9.88 Å². The van der Waals surface area contributed by atoms with E-state index in [1.54, 1.807) is 11.4 Å². The van der Waals surface area contributed by atoms with Gasteiger partial charge in [-0.05, 0) is 19.1 Å². The number of nitrogens with zero attached hydrogens (tertiary/aromatic N) is 6. The summed E-state index contributed by atoms with van der Waals surface area (Å²) in [4.78, 5) is 33.4. The van der Waals surface area contributed by atoms with Gasteiger partial charge in [-0.15, -0.1) is 0 Å². The second-order valence-corrected chi connectivity index (χ2v) is 8.67. The Balaban J connectivity index is 1.61. The first-order valence-electron chi connectivity index (χ1n) is 10.8. The van der Waals surface area contributed by atoms with Crippen LogP contribution < -0.4 is 11.2 Å². The van der Waals surface area contributed by atoms with Crippen LogP contribution in [0.1, 0.15) is 11.3 Å². The molecule has 0 bridgehead atoms. The van der Waals surface area contributed by atoms with Gasteiger partial charge in [-0.2, -0.15) is 4.98 Å². The average Bonchev–Trinajstić information content (AvgIpc) is 3.31. The predicted molar refractivity (Wildman–Crippen MR) is 123 cm³/mol. The molecule has 1 aromatic carbocycles. The molecular weight excluding hydrogens is 451 g/mol. The SMILES string of the molecule is Cc1cn2c3c(=O)n(Cc4c(F)cccc4Cl)c(=O)n(C)c3nc2n1CCN1CCOCC1. The van der Waals surface area contributed by atoms with E-state index in [4.69, 9.17) is 16.3 Å². The van der Waals surface area contributed by atoms with Gasteiger partial charge in [0.15, 0.2) is 11.2 Å². The minimum Gasteiger partial charge on any atom is -0.379 e. The maximum Gasteiger partial charge on any atom is 0.332 e. The van der Waals surface area contributed by atoms with Crippen LogP contribution in [0.2, 0.25) is 5.02 Å². The van der Waals surface area contributed by atoms with Crippen molar-refractivity contribution in [2.45, 2.75) is 20.0 Å². The Morgan fingerprint density at radius 1 is 1.15 bits per heavy atom. The first kappa shape index (κ1) is 21.9. The number of ether oxygens (including phenoxy) is 1. The van der Waals surface area contributed by atoms with Crippen LogP contribution in [-0.4, -0.2) is 60.8 Å². The molecule has 0 N–H and O–H groups in total. The molecule has 0 aliphatic carbocycles. The number of morpholine rings is 1. The zero-order valence-corrected chi connectivity index (χ0v) is 19.2. The lowest BCUT2D eigenvalue weighted by atomic mass is 10.2. The highest BCUT2D eigenvalue weighted by molar-refractivity contribution is 6.31. The molecule has 5 rings (SSSR count). The van der Waals surface area contributed by atoms with Gasteiger partial charge in [0.2, 0.25) is 5.78 Å². The summed E-state index contributed by atoms with van der Waals surface area (Å²) in [5.41, 5.74) is 0.487. The first-order valence-corrected chi connectivity index (χ1v) is 11.2. The summed E-state index contributed by atoms with van der Waals surface area (Å²) in [5, 5.41) is 0.160. The van der Waals surface area contributed by atoms with E-state index in [-0.39, 0.29) is 28.3 Å². The smallest absolute Gasteiger partial charge is 0.332 e. The largest absolute Gasteiger partial charge is 0.379 e. The van der Waals surface area contributed by atoms with Crippen LogP contribution in [0.3, 0.4) is 0 Å². The maximum absolute atomic E-state index is 14.4. The number of halogens is 2. The van der Waals surface area contributed by atoms with Crippen molar-refractivity contribution in [1.29, 1.82) is 0 Å². The van der Waals surface area contributed by atoms with Crippen molar-refractivity contribution < 1.29 is 9.13 Å². The molecule has 0 amide bonds. The Bertz CT molecular complexity index is 1460. The van der Waals surface area contributed by atoms with Crippen molar-refractivity contribution >= 4 is 28.5 Å². The molecule has 4 heterocycles.